The average molecular weight is 381 g/mol. The lowest BCUT2D eigenvalue weighted by molar-refractivity contribution is 0.0785. The lowest BCUT2D eigenvalue weighted by Gasteiger charge is -2.31. The maximum atomic E-state index is 10.3. The molecule has 2 N–H and O–H groups in total. The molecule has 0 bridgehead atoms. The van der Waals surface area contributed by atoms with E-state index in [-0.39, 0.29) is 0 Å². The van der Waals surface area contributed by atoms with Crippen molar-refractivity contribution in [2.75, 3.05) is 16.8 Å². The Balaban J connectivity index is 1.59. The zero-order valence-electron chi connectivity index (χ0n) is 17.5. The van der Waals surface area contributed by atoms with Crippen LogP contribution in [0.3, 0.4) is 0 Å². The third kappa shape index (κ3) is 4.14. The highest BCUT2D eigenvalue weighted by Gasteiger charge is 2.29. The first kappa shape index (κ1) is 19.2. The maximum absolute atomic E-state index is 10.3. The molecule has 5 nitrogen and oxygen atoms in total. The van der Waals surface area contributed by atoms with E-state index < -0.39 is 5.60 Å². The predicted molar refractivity (Wildman–Crippen MR) is 114 cm³/mol. The number of benzene rings is 1. The highest BCUT2D eigenvalue weighted by atomic mass is 16.3. The summed E-state index contributed by atoms with van der Waals surface area (Å²) in [5.74, 6) is 3.50. The van der Waals surface area contributed by atoms with Crippen LogP contribution < -0.4 is 10.2 Å². The Morgan fingerprint density at radius 2 is 2.00 bits per heavy atom. The number of fused-ring (bicyclic) bond motifs is 1. The second-order valence-electron chi connectivity index (χ2n) is 8.91. The maximum Gasteiger partial charge on any atom is 0.136 e. The minimum atomic E-state index is -0.797. The molecule has 0 saturated heterocycles. The Kier molecular flexibility index (Phi) is 5.04. The van der Waals surface area contributed by atoms with Crippen molar-refractivity contribution in [1.29, 1.82) is 0 Å². The van der Waals surface area contributed by atoms with Gasteiger partial charge in [0.25, 0.3) is 0 Å². The number of rotatable bonds is 6. The van der Waals surface area contributed by atoms with E-state index in [4.69, 9.17) is 9.97 Å². The van der Waals surface area contributed by atoms with Gasteiger partial charge in [0.15, 0.2) is 0 Å². The molecule has 1 aliphatic carbocycles. The van der Waals surface area contributed by atoms with Crippen LogP contribution in [0.1, 0.15) is 75.4 Å². The van der Waals surface area contributed by atoms with Gasteiger partial charge < -0.3 is 15.3 Å². The molecule has 4 rings (SSSR count). The van der Waals surface area contributed by atoms with E-state index in [0.717, 1.165) is 49.0 Å². The molecule has 1 saturated carbocycles. The Bertz CT molecular complexity index is 854. The molecule has 2 aliphatic rings. The summed E-state index contributed by atoms with van der Waals surface area (Å²) >= 11 is 0. The highest BCUT2D eigenvalue weighted by molar-refractivity contribution is 5.52. The molecule has 0 unspecified atom stereocenters. The smallest absolute Gasteiger partial charge is 0.136 e. The van der Waals surface area contributed by atoms with Gasteiger partial charge in [-0.1, -0.05) is 25.1 Å². The Labute approximate surface area is 168 Å². The largest absolute Gasteiger partial charge is 0.386 e. The molecule has 1 aromatic heterocycles. The number of hydrogen-bond acceptors (Lipinski definition) is 5. The molecule has 1 aliphatic heterocycles. The van der Waals surface area contributed by atoms with Crippen molar-refractivity contribution < 1.29 is 5.11 Å². The predicted octanol–water partition coefficient (Wildman–Crippen LogP) is 4.35. The quantitative estimate of drug-likeness (QED) is 0.780. The van der Waals surface area contributed by atoms with Gasteiger partial charge in [0.2, 0.25) is 0 Å². The molecule has 1 fully saturated rings. The van der Waals surface area contributed by atoms with Crippen molar-refractivity contribution in [2.45, 2.75) is 77.5 Å². The van der Waals surface area contributed by atoms with Crippen molar-refractivity contribution >= 4 is 11.6 Å². The summed E-state index contributed by atoms with van der Waals surface area (Å²) in [6, 6.07) is 8.88. The van der Waals surface area contributed by atoms with E-state index in [0.29, 0.717) is 12.0 Å². The first-order valence-corrected chi connectivity index (χ1v) is 10.6. The molecular weight excluding hydrogens is 348 g/mol. The summed E-state index contributed by atoms with van der Waals surface area (Å²) in [5, 5.41) is 13.8. The zero-order chi connectivity index (χ0) is 19.9. The minimum absolute atomic E-state index is 0.400. The first-order valence-electron chi connectivity index (χ1n) is 10.6. The van der Waals surface area contributed by atoms with Crippen LogP contribution in [-0.4, -0.2) is 27.7 Å². The molecule has 5 heteroatoms. The fraction of sp³-hybridized carbons (Fsp3) is 0.565. The lowest BCUT2D eigenvalue weighted by Crippen LogP contribution is -2.32. The van der Waals surface area contributed by atoms with Gasteiger partial charge in [-0.25, -0.2) is 9.97 Å². The molecule has 0 spiro atoms. The van der Waals surface area contributed by atoms with E-state index in [2.05, 4.69) is 42.3 Å². The molecule has 150 valence electrons. The molecule has 0 amide bonds. The SMILES string of the molecule is CC[C@H](C)Nc1cc(N2CCc3cc(C(C)(C)O)ccc3C2)nc(C2CC2)n1. The Morgan fingerprint density at radius 1 is 1.21 bits per heavy atom. The van der Waals surface area contributed by atoms with Gasteiger partial charge in [-0.3, -0.25) is 0 Å². The fourth-order valence-corrected chi connectivity index (χ4v) is 3.70. The fourth-order valence-electron chi connectivity index (χ4n) is 3.70. The summed E-state index contributed by atoms with van der Waals surface area (Å²) in [6.07, 6.45) is 4.44. The monoisotopic (exact) mass is 380 g/mol. The van der Waals surface area contributed by atoms with E-state index in [1.54, 1.807) is 0 Å². The van der Waals surface area contributed by atoms with Crippen molar-refractivity contribution in [1.82, 2.24) is 9.97 Å². The highest BCUT2D eigenvalue weighted by Crippen LogP contribution is 2.39. The van der Waals surface area contributed by atoms with Crippen LogP contribution in [0.5, 0.6) is 0 Å². The minimum Gasteiger partial charge on any atom is -0.386 e. The summed E-state index contributed by atoms with van der Waals surface area (Å²) in [5.41, 5.74) is 2.85. The second kappa shape index (κ2) is 7.36. The summed E-state index contributed by atoms with van der Waals surface area (Å²) in [6.45, 7) is 9.85. The van der Waals surface area contributed by atoms with Gasteiger partial charge in [0.1, 0.15) is 17.5 Å². The van der Waals surface area contributed by atoms with Gasteiger partial charge in [0, 0.05) is 31.1 Å². The van der Waals surface area contributed by atoms with E-state index >= 15 is 0 Å². The molecule has 2 aromatic rings. The van der Waals surface area contributed by atoms with E-state index in [9.17, 15) is 5.11 Å². The Morgan fingerprint density at radius 3 is 2.68 bits per heavy atom. The van der Waals surface area contributed by atoms with Crippen molar-refractivity contribution in [3.63, 3.8) is 0 Å². The molecule has 1 aromatic carbocycles. The summed E-state index contributed by atoms with van der Waals surface area (Å²) in [7, 11) is 0. The van der Waals surface area contributed by atoms with Crippen molar-refractivity contribution in [2.24, 2.45) is 0 Å². The van der Waals surface area contributed by atoms with Gasteiger partial charge in [0.05, 0.1) is 5.60 Å². The lowest BCUT2D eigenvalue weighted by atomic mass is 9.91. The van der Waals surface area contributed by atoms with Gasteiger partial charge in [-0.05, 0) is 63.1 Å². The van der Waals surface area contributed by atoms with Crippen LogP contribution >= 0.6 is 0 Å². The van der Waals surface area contributed by atoms with Crippen LogP contribution in [0.2, 0.25) is 0 Å². The number of anilines is 2. The van der Waals surface area contributed by atoms with Crippen molar-refractivity contribution in [3.05, 3.63) is 46.8 Å². The number of aliphatic hydroxyl groups is 1. The van der Waals surface area contributed by atoms with Gasteiger partial charge in [-0.2, -0.15) is 0 Å². The normalized spacial score (nSPS) is 18.0. The molecule has 28 heavy (non-hydrogen) atoms. The molecule has 1 atom stereocenters. The molecule has 0 radical (unpaired) electrons. The third-order valence-electron chi connectivity index (χ3n) is 5.93. The number of hydrogen-bond donors (Lipinski definition) is 2. The van der Waals surface area contributed by atoms with Crippen molar-refractivity contribution in [3.8, 4) is 0 Å². The van der Waals surface area contributed by atoms with E-state index in [1.807, 2.05) is 19.9 Å². The van der Waals surface area contributed by atoms with Crippen LogP contribution in [0.25, 0.3) is 0 Å². The standard InChI is InChI=1S/C23H32N4O/c1-5-15(2)24-20-13-21(26-22(25-20)16-6-7-16)27-11-10-17-12-19(23(3,4)28)9-8-18(17)14-27/h8-9,12-13,15-16,28H,5-7,10-11,14H2,1-4H3,(H,24,25,26)/t15-/m0/s1. The van der Waals surface area contributed by atoms with Crippen LogP contribution in [0.15, 0.2) is 24.3 Å². The molecule has 2 heterocycles. The third-order valence-corrected chi connectivity index (χ3v) is 5.93. The number of aromatic nitrogens is 2. The first-order chi connectivity index (χ1) is 13.3. The second-order valence-corrected chi connectivity index (χ2v) is 8.91. The zero-order valence-corrected chi connectivity index (χ0v) is 17.5. The topological polar surface area (TPSA) is 61.3 Å². The number of nitrogens with one attached hydrogen (secondary N) is 1. The summed E-state index contributed by atoms with van der Waals surface area (Å²) < 4.78 is 0. The van der Waals surface area contributed by atoms with Crippen LogP contribution in [-0.2, 0) is 18.6 Å². The van der Waals surface area contributed by atoms with Gasteiger partial charge >= 0.3 is 0 Å². The van der Waals surface area contributed by atoms with Crippen LogP contribution in [0, 0.1) is 0 Å². The average Bonchev–Trinajstić information content (AvgIpc) is 3.51. The summed E-state index contributed by atoms with van der Waals surface area (Å²) in [4.78, 5) is 12.1. The van der Waals surface area contributed by atoms with E-state index in [1.165, 1.54) is 24.0 Å². The van der Waals surface area contributed by atoms with Crippen LogP contribution in [0.4, 0.5) is 11.6 Å². The Hall–Kier alpha value is -2.14. The molecular formula is C23H32N4O. The van der Waals surface area contributed by atoms with Gasteiger partial charge in [-0.15, -0.1) is 0 Å². The number of nitrogens with zero attached hydrogens (tertiary/aromatic N) is 3.